The number of aryl methyl sites for hydroxylation is 3. The number of hydrogen-bond donors (Lipinski definition) is 3. The Hall–Kier alpha value is -3.92. The number of para-hydroxylation sites is 1. The molecule has 3 rings (SSSR count). The van der Waals surface area contributed by atoms with Crippen LogP contribution >= 0.6 is 0 Å². The first kappa shape index (κ1) is 24.7. The van der Waals surface area contributed by atoms with E-state index in [2.05, 4.69) is 15.6 Å². The van der Waals surface area contributed by atoms with Crippen LogP contribution in [0.4, 0.5) is 10.1 Å². The lowest BCUT2D eigenvalue weighted by atomic mass is 10.1. The number of carbonyl (C=O) groups is 2. The van der Waals surface area contributed by atoms with Crippen molar-refractivity contribution in [2.45, 2.75) is 25.7 Å². The number of carbonyl (C=O) groups excluding carboxylic acids is 2. The van der Waals surface area contributed by atoms with Crippen LogP contribution in [0.2, 0.25) is 0 Å². The van der Waals surface area contributed by atoms with E-state index in [0.29, 0.717) is 11.3 Å². The molecule has 0 heterocycles. The van der Waals surface area contributed by atoms with Crippen LogP contribution in [0.1, 0.15) is 27.0 Å². The summed E-state index contributed by atoms with van der Waals surface area (Å²) in [6, 6.07) is 14.8. The van der Waals surface area contributed by atoms with Crippen LogP contribution in [0.25, 0.3) is 0 Å². The Kier molecular flexibility index (Phi) is 7.52. The predicted octanol–water partition coefficient (Wildman–Crippen LogP) is 3.39. The molecule has 0 bridgehead atoms. The van der Waals surface area contributed by atoms with E-state index in [1.54, 1.807) is 13.0 Å². The van der Waals surface area contributed by atoms with Gasteiger partial charge in [0.05, 0.1) is 10.6 Å². The zero-order valence-electron chi connectivity index (χ0n) is 18.8. The van der Waals surface area contributed by atoms with Crippen molar-refractivity contribution in [2.24, 2.45) is 0 Å². The highest BCUT2D eigenvalue weighted by molar-refractivity contribution is 7.92. The van der Waals surface area contributed by atoms with E-state index >= 15 is 0 Å². The van der Waals surface area contributed by atoms with E-state index in [-0.39, 0.29) is 22.8 Å². The number of nitrogens with one attached hydrogen (secondary N) is 3. The van der Waals surface area contributed by atoms with Gasteiger partial charge in [0.2, 0.25) is 0 Å². The molecule has 0 atom stereocenters. The molecule has 0 aliphatic carbocycles. The molecule has 34 heavy (non-hydrogen) atoms. The summed E-state index contributed by atoms with van der Waals surface area (Å²) in [5.74, 6) is -1.50. The number of sulfonamides is 1. The molecule has 0 fully saturated rings. The minimum absolute atomic E-state index is 0.0205. The lowest BCUT2D eigenvalue weighted by molar-refractivity contribution is -0.123. The summed E-state index contributed by atoms with van der Waals surface area (Å²) in [5, 5.41) is 0. The van der Waals surface area contributed by atoms with E-state index < -0.39 is 27.7 Å². The third-order valence-corrected chi connectivity index (χ3v) is 6.26. The first-order valence-electron chi connectivity index (χ1n) is 10.2. The molecule has 0 aliphatic heterocycles. The molecule has 3 aromatic carbocycles. The number of benzene rings is 3. The molecule has 8 nitrogen and oxygen atoms in total. The maximum absolute atomic E-state index is 13.9. The van der Waals surface area contributed by atoms with Crippen LogP contribution in [-0.2, 0) is 14.8 Å². The Morgan fingerprint density at radius 2 is 1.62 bits per heavy atom. The second-order valence-electron chi connectivity index (χ2n) is 7.62. The van der Waals surface area contributed by atoms with Crippen molar-refractivity contribution in [3.63, 3.8) is 0 Å². The maximum Gasteiger partial charge on any atom is 0.276 e. The summed E-state index contributed by atoms with van der Waals surface area (Å²) in [7, 11) is -4.16. The Balaban J connectivity index is 1.65. The van der Waals surface area contributed by atoms with Crippen molar-refractivity contribution in [2.75, 3.05) is 11.3 Å². The third kappa shape index (κ3) is 6.10. The standard InChI is InChI=1S/C24H24FN3O5S/c1-15-8-9-17(3)22(12-15)33-14-23(29)26-27-24(30)19-13-18(11-10-16(19)2)34(31,32)28-21-7-5-4-6-20(21)25/h4-13,28H,14H2,1-3H3,(H,26,29)(H,27,30). The van der Waals surface area contributed by atoms with Gasteiger partial charge in [-0.1, -0.05) is 30.3 Å². The second kappa shape index (κ2) is 10.3. The van der Waals surface area contributed by atoms with E-state index in [1.165, 1.54) is 30.3 Å². The number of rotatable bonds is 7. The van der Waals surface area contributed by atoms with Gasteiger partial charge in [0.15, 0.2) is 6.61 Å². The van der Waals surface area contributed by atoms with Crippen molar-refractivity contribution in [1.82, 2.24) is 10.9 Å². The topological polar surface area (TPSA) is 114 Å². The Morgan fingerprint density at radius 1 is 0.912 bits per heavy atom. The van der Waals surface area contributed by atoms with Crippen LogP contribution in [0, 0.1) is 26.6 Å². The van der Waals surface area contributed by atoms with Crippen LogP contribution in [0.3, 0.4) is 0 Å². The lowest BCUT2D eigenvalue weighted by Gasteiger charge is -2.13. The zero-order chi connectivity index (χ0) is 24.9. The molecular formula is C24H24FN3O5S. The number of amides is 2. The van der Waals surface area contributed by atoms with Crippen molar-refractivity contribution in [3.05, 3.63) is 88.7 Å². The zero-order valence-corrected chi connectivity index (χ0v) is 19.6. The molecule has 0 spiro atoms. The molecule has 178 valence electrons. The van der Waals surface area contributed by atoms with Crippen molar-refractivity contribution in [3.8, 4) is 5.75 Å². The Labute approximate surface area is 197 Å². The second-order valence-corrected chi connectivity index (χ2v) is 9.30. The molecule has 0 radical (unpaired) electrons. The van der Waals surface area contributed by atoms with Gasteiger partial charge in [0, 0.05) is 5.56 Å². The molecule has 0 saturated heterocycles. The number of anilines is 1. The van der Waals surface area contributed by atoms with Crippen molar-refractivity contribution >= 4 is 27.5 Å². The van der Waals surface area contributed by atoms with E-state index in [0.717, 1.165) is 23.3 Å². The van der Waals surface area contributed by atoms with Gasteiger partial charge in [0.25, 0.3) is 21.8 Å². The number of halogens is 1. The molecule has 2 amide bonds. The number of hydrogen-bond acceptors (Lipinski definition) is 5. The largest absolute Gasteiger partial charge is 0.483 e. The van der Waals surface area contributed by atoms with Crippen LogP contribution in [0.15, 0.2) is 65.6 Å². The van der Waals surface area contributed by atoms with E-state index in [4.69, 9.17) is 4.74 Å². The molecule has 0 saturated carbocycles. The lowest BCUT2D eigenvalue weighted by Crippen LogP contribution is -2.44. The summed E-state index contributed by atoms with van der Waals surface area (Å²) in [4.78, 5) is 24.5. The van der Waals surface area contributed by atoms with Crippen LogP contribution in [-0.4, -0.2) is 26.8 Å². The highest BCUT2D eigenvalue weighted by Crippen LogP contribution is 2.21. The SMILES string of the molecule is Cc1ccc(C)c(OCC(=O)NNC(=O)c2cc(S(=O)(=O)Nc3ccccc3F)ccc2C)c1. The highest BCUT2D eigenvalue weighted by atomic mass is 32.2. The fraction of sp³-hybridized carbons (Fsp3) is 0.167. The van der Waals surface area contributed by atoms with Gasteiger partial charge >= 0.3 is 0 Å². The minimum atomic E-state index is -4.16. The molecule has 10 heteroatoms. The van der Waals surface area contributed by atoms with Gasteiger partial charge in [-0.3, -0.25) is 25.2 Å². The fourth-order valence-electron chi connectivity index (χ4n) is 3.00. The average molecular weight is 486 g/mol. The number of hydrazine groups is 1. The number of ether oxygens (including phenoxy) is 1. The van der Waals surface area contributed by atoms with Crippen molar-refractivity contribution in [1.29, 1.82) is 0 Å². The van der Waals surface area contributed by atoms with Crippen molar-refractivity contribution < 1.29 is 27.1 Å². The Morgan fingerprint density at radius 3 is 2.35 bits per heavy atom. The summed E-state index contributed by atoms with van der Waals surface area (Å²) in [6.45, 7) is 5.03. The van der Waals surface area contributed by atoms with E-state index in [9.17, 15) is 22.4 Å². The van der Waals surface area contributed by atoms with Gasteiger partial charge in [0.1, 0.15) is 11.6 Å². The first-order chi connectivity index (χ1) is 16.1. The predicted molar refractivity (Wildman–Crippen MR) is 125 cm³/mol. The summed E-state index contributed by atoms with van der Waals surface area (Å²) >= 11 is 0. The third-order valence-electron chi connectivity index (χ3n) is 4.90. The van der Waals surface area contributed by atoms with Gasteiger partial charge in [-0.2, -0.15) is 0 Å². The van der Waals surface area contributed by atoms with Crippen LogP contribution < -0.4 is 20.3 Å². The molecule has 3 aromatic rings. The minimum Gasteiger partial charge on any atom is -0.483 e. The Bertz CT molecular complexity index is 1340. The molecule has 0 unspecified atom stereocenters. The monoisotopic (exact) mass is 485 g/mol. The summed E-state index contributed by atoms with van der Waals surface area (Å²) < 4.78 is 46.9. The van der Waals surface area contributed by atoms with Gasteiger partial charge < -0.3 is 4.74 Å². The highest BCUT2D eigenvalue weighted by Gasteiger charge is 2.20. The normalized spacial score (nSPS) is 10.9. The summed E-state index contributed by atoms with van der Waals surface area (Å²) in [5.41, 5.74) is 6.60. The molecule has 3 N–H and O–H groups in total. The smallest absolute Gasteiger partial charge is 0.276 e. The van der Waals surface area contributed by atoms with E-state index in [1.807, 2.05) is 26.0 Å². The van der Waals surface area contributed by atoms with Crippen LogP contribution in [0.5, 0.6) is 5.75 Å². The fourth-order valence-corrected chi connectivity index (χ4v) is 4.09. The molecular weight excluding hydrogens is 461 g/mol. The maximum atomic E-state index is 13.9. The van der Waals surface area contributed by atoms with Gasteiger partial charge in [-0.15, -0.1) is 0 Å². The quantitative estimate of drug-likeness (QED) is 0.444. The van der Waals surface area contributed by atoms with Gasteiger partial charge in [-0.25, -0.2) is 12.8 Å². The first-order valence-corrected chi connectivity index (χ1v) is 11.7. The average Bonchev–Trinajstić information content (AvgIpc) is 2.79. The van der Waals surface area contributed by atoms with Gasteiger partial charge in [-0.05, 0) is 67.8 Å². The summed E-state index contributed by atoms with van der Waals surface area (Å²) in [6.07, 6.45) is 0. The molecule has 0 aliphatic rings. The molecule has 0 aromatic heterocycles.